The van der Waals surface area contributed by atoms with Crippen molar-refractivity contribution in [3.8, 4) is 0 Å². The van der Waals surface area contributed by atoms with Crippen molar-refractivity contribution in [1.29, 1.82) is 0 Å². The van der Waals surface area contributed by atoms with Gasteiger partial charge < -0.3 is 10.6 Å². The van der Waals surface area contributed by atoms with Crippen LogP contribution in [-0.4, -0.2) is 27.4 Å². The molecule has 1 aliphatic heterocycles. The van der Waals surface area contributed by atoms with Crippen LogP contribution in [0.5, 0.6) is 0 Å². The second-order valence-electron chi connectivity index (χ2n) is 6.73. The van der Waals surface area contributed by atoms with E-state index < -0.39 is 0 Å². The average Bonchev–Trinajstić information content (AvgIpc) is 3.22. The van der Waals surface area contributed by atoms with Crippen LogP contribution < -0.4 is 10.6 Å². The monoisotopic (exact) mass is 374 g/mol. The molecule has 0 spiro atoms. The van der Waals surface area contributed by atoms with E-state index in [9.17, 15) is 14.4 Å². The highest BCUT2D eigenvalue weighted by Gasteiger charge is 2.20. The average molecular weight is 374 g/mol. The van der Waals surface area contributed by atoms with Gasteiger partial charge in [0.15, 0.2) is 5.78 Å². The minimum Gasteiger partial charge on any atom is -0.326 e. The topological polar surface area (TPSA) is 93.1 Å². The van der Waals surface area contributed by atoms with Gasteiger partial charge in [0, 0.05) is 35.2 Å². The fourth-order valence-corrected chi connectivity index (χ4v) is 3.18. The summed E-state index contributed by atoms with van der Waals surface area (Å²) in [6.07, 6.45) is 1.84. The first kappa shape index (κ1) is 17.7. The Morgan fingerprint density at radius 3 is 2.68 bits per heavy atom. The van der Waals surface area contributed by atoms with E-state index in [1.54, 1.807) is 54.2 Å². The smallest absolute Gasteiger partial charge is 0.259 e. The van der Waals surface area contributed by atoms with E-state index in [-0.39, 0.29) is 17.6 Å². The predicted molar refractivity (Wildman–Crippen MR) is 105 cm³/mol. The van der Waals surface area contributed by atoms with E-state index in [4.69, 9.17) is 0 Å². The van der Waals surface area contributed by atoms with Crippen LogP contribution in [0.25, 0.3) is 0 Å². The van der Waals surface area contributed by atoms with E-state index in [0.29, 0.717) is 34.5 Å². The number of fused-ring (bicyclic) bond motifs is 1. The first-order valence-electron chi connectivity index (χ1n) is 8.80. The molecule has 1 aromatic heterocycles. The number of aryl methyl sites for hydroxylation is 1. The fraction of sp³-hybridized carbons (Fsp3) is 0.143. The number of carbonyl (C=O) groups excluding carboxylic acids is 3. The zero-order chi connectivity index (χ0) is 19.8. The number of anilines is 2. The molecule has 7 nitrogen and oxygen atoms in total. The molecule has 3 aromatic rings. The lowest BCUT2D eigenvalue weighted by Gasteiger charge is -2.08. The van der Waals surface area contributed by atoms with Crippen molar-refractivity contribution in [2.75, 3.05) is 10.6 Å². The van der Waals surface area contributed by atoms with E-state index in [0.717, 1.165) is 11.3 Å². The summed E-state index contributed by atoms with van der Waals surface area (Å²) in [5.41, 5.74) is 4.24. The van der Waals surface area contributed by atoms with Crippen LogP contribution in [0, 0.1) is 6.92 Å². The van der Waals surface area contributed by atoms with Crippen molar-refractivity contribution in [1.82, 2.24) is 9.78 Å². The van der Waals surface area contributed by atoms with Gasteiger partial charge >= 0.3 is 0 Å². The molecule has 2 amide bonds. The second kappa shape index (κ2) is 6.77. The number of rotatable bonds is 4. The van der Waals surface area contributed by atoms with Crippen LogP contribution in [-0.2, 0) is 18.3 Å². The van der Waals surface area contributed by atoms with E-state index in [2.05, 4.69) is 15.7 Å². The molecule has 140 valence electrons. The number of nitrogens with one attached hydrogen (secondary N) is 2. The Hall–Kier alpha value is -3.74. The molecule has 4 rings (SSSR count). The van der Waals surface area contributed by atoms with Crippen LogP contribution in [0.1, 0.15) is 37.5 Å². The van der Waals surface area contributed by atoms with E-state index >= 15 is 0 Å². The molecule has 0 saturated heterocycles. The Morgan fingerprint density at radius 2 is 1.93 bits per heavy atom. The van der Waals surface area contributed by atoms with Crippen LogP contribution in [0.4, 0.5) is 11.4 Å². The Kier molecular flexibility index (Phi) is 4.27. The lowest BCUT2D eigenvalue weighted by Crippen LogP contribution is -2.13. The van der Waals surface area contributed by atoms with Gasteiger partial charge in [-0.25, -0.2) is 0 Å². The molecular weight excluding hydrogens is 356 g/mol. The van der Waals surface area contributed by atoms with Crippen LogP contribution in [0.3, 0.4) is 0 Å². The molecule has 0 aliphatic carbocycles. The summed E-state index contributed by atoms with van der Waals surface area (Å²) in [4.78, 5) is 36.8. The van der Waals surface area contributed by atoms with Gasteiger partial charge in [-0.2, -0.15) is 5.10 Å². The van der Waals surface area contributed by atoms with Crippen LogP contribution >= 0.6 is 0 Å². The normalized spacial score (nSPS) is 12.4. The molecule has 0 bridgehead atoms. The van der Waals surface area contributed by atoms with Gasteiger partial charge in [0.05, 0.1) is 18.2 Å². The first-order valence-corrected chi connectivity index (χ1v) is 8.80. The summed E-state index contributed by atoms with van der Waals surface area (Å²) < 4.78 is 1.63. The fourth-order valence-electron chi connectivity index (χ4n) is 3.18. The first-order chi connectivity index (χ1) is 13.4. The number of nitrogens with zero attached hydrogens (tertiary/aromatic N) is 2. The number of aromatic nitrogens is 2. The van der Waals surface area contributed by atoms with Gasteiger partial charge in [0.2, 0.25) is 5.91 Å². The number of benzene rings is 2. The highest BCUT2D eigenvalue weighted by Crippen LogP contribution is 2.25. The van der Waals surface area contributed by atoms with Crippen molar-refractivity contribution in [3.63, 3.8) is 0 Å². The number of hydrogen-bond acceptors (Lipinski definition) is 4. The van der Waals surface area contributed by atoms with Crippen molar-refractivity contribution in [2.45, 2.75) is 13.3 Å². The summed E-state index contributed by atoms with van der Waals surface area (Å²) in [6, 6.07) is 12.0. The highest BCUT2D eigenvalue weighted by atomic mass is 16.2. The minimum absolute atomic E-state index is 0.0741. The molecule has 28 heavy (non-hydrogen) atoms. The summed E-state index contributed by atoms with van der Waals surface area (Å²) in [7, 11) is 1.77. The maximum atomic E-state index is 12.9. The Balaban J connectivity index is 1.56. The quantitative estimate of drug-likeness (QED) is 0.687. The number of ketones is 1. The molecular formula is C21H18N4O3. The third-order valence-corrected chi connectivity index (χ3v) is 4.86. The second-order valence-corrected chi connectivity index (χ2v) is 6.73. The number of amides is 2. The zero-order valence-corrected chi connectivity index (χ0v) is 15.4. The standard InChI is InChI=1S/C21H18N4O3/c1-12-17(11-22-25(12)2)21(28)23-16-5-3-4-14(8-16)20(27)15-7-6-13-10-19(26)24-18(13)9-15/h3-9,11H,10H2,1-2H3,(H,23,28)(H,24,26). The molecule has 0 fully saturated rings. The van der Waals surface area contributed by atoms with Crippen molar-refractivity contribution >= 4 is 29.0 Å². The molecule has 0 atom stereocenters. The van der Waals surface area contributed by atoms with E-state index in [1.807, 2.05) is 6.92 Å². The Labute approximate surface area is 161 Å². The van der Waals surface area contributed by atoms with Crippen molar-refractivity contribution < 1.29 is 14.4 Å². The summed E-state index contributed by atoms with van der Waals surface area (Å²) >= 11 is 0. The Morgan fingerprint density at radius 1 is 1.14 bits per heavy atom. The van der Waals surface area contributed by atoms with Gasteiger partial charge in [0.25, 0.3) is 5.91 Å². The molecule has 2 aromatic carbocycles. The molecule has 0 saturated carbocycles. The Bertz CT molecular complexity index is 1130. The molecule has 0 radical (unpaired) electrons. The molecule has 0 unspecified atom stereocenters. The summed E-state index contributed by atoms with van der Waals surface area (Å²) in [6.45, 7) is 1.81. The maximum Gasteiger partial charge on any atom is 0.259 e. The largest absolute Gasteiger partial charge is 0.326 e. The predicted octanol–water partition coefficient (Wildman–Crippen LogP) is 2.71. The number of carbonyl (C=O) groups is 3. The molecule has 7 heteroatoms. The van der Waals surface area contributed by atoms with Gasteiger partial charge in [-0.05, 0) is 30.7 Å². The maximum absolute atomic E-state index is 12.9. The molecule has 2 heterocycles. The lowest BCUT2D eigenvalue weighted by atomic mass is 10.0. The number of hydrogen-bond donors (Lipinski definition) is 2. The van der Waals surface area contributed by atoms with Crippen LogP contribution in [0.15, 0.2) is 48.7 Å². The lowest BCUT2D eigenvalue weighted by molar-refractivity contribution is -0.115. The van der Waals surface area contributed by atoms with Gasteiger partial charge in [-0.1, -0.05) is 24.3 Å². The SMILES string of the molecule is Cc1c(C(=O)Nc2cccc(C(=O)c3ccc4c(c3)NC(=O)C4)c2)cnn1C. The van der Waals surface area contributed by atoms with Gasteiger partial charge in [-0.3, -0.25) is 19.1 Å². The summed E-state index contributed by atoms with van der Waals surface area (Å²) in [5.74, 6) is -0.539. The zero-order valence-electron chi connectivity index (χ0n) is 15.4. The van der Waals surface area contributed by atoms with Crippen molar-refractivity contribution in [2.24, 2.45) is 7.05 Å². The van der Waals surface area contributed by atoms with E-state index in [1.165, 1.54) is 6.20 Å². The van der Waals surface area contributed by atoms with Gasteiger partial charge in [0.1, 0.15) is 0 Å². The minimum atomic E-state index is -0.282. The third kappa shape index (κ3) is 3.18. The highest BCUT2D eigenvalue weighted by molar-refractivity contribution is 6.12. The van der Waals surface area contributed by atoms with Crippen molar-refractivity contribution in [3.05, 3.63) is 76.6 Å². The van der Waals surface area contributed by atoms with Crippen LogP contribution in [0.2, 0.25) is 0 Å². The summed E-state index contributed by atoms with van der Waals surface area (Å²) in [5, 5.41) is 9.63. The third-order valence-electron chi connectivity index (χ3n) is 4.86. The molecule has 2 N–H and O–H groups in total. The molecule has 1 aliphatic rings. The van der Waals surface area contributed by atoms with Gasteiger partial charge in [-0.15, -0.1) is 0 Å².